The molecule has 1 saturated heterocycles. The number of allylic oxidation sites excluding steroid dienone is 3. The van der Waals surface area contributed by atoms with Crippen LogP contribution in [-0.2, 0) is 6.54 Å². The first-order valence-corrected chi connectivity index (χ1v) is 13.0. The van der Waals surface area contributed by atoms with Gasteiger partial charge < -0.3 is 10.2 Å². The van der Waals surface area contributed by atoms with Gasteiger partial charge in [-0.25, -0.2) is 4.98 Å². The van der Waals surface area contributed by atoms with E-state index in [1.165, 1.54) is 16.7 Å². The molecule has 1 amide bonds. The fourth-order valence-corrected chi connectivity index (χ4v) is 4.59. The minimum Gasteiger partial charge on any atom is -0.354 e. The van der Waals surface area contributed by atoms with Crippen LogP contribution in [0.5, 0.6) is 0 Å². The Kier molecular flexibility index (Phi) is 8.90. The summed E-state index contributed by atoms with van der Waals surface area (Å²) in [7, 11) is 0. The van der Waals surface area contributed by atoms with Crippen molar-refractivity contribution in [2.45, 2.75) is 40.2 Å². The number of para-hydroxylation sites is 1. The topological polar surface area (TPSA) is 48.5 Å². The summed E-state index contributed by atoms with van der Waals surface area (Å²) in [6.07, 6.45) is 6.42. The number of anilines is 1. The Morgan fingerprint density at radius 3 is 2.42 bits per heavy atom. The first-order chi connectivity index (χ1) is 17.5. The number of carbonyl (C=O) groups is 1. The number of piperazine rings is 1. The smallest absolute Gasteiger partial charge is 0.252 e. The predicted molar refractivity (Wildman–Crippen MR) is 150 cm³/mol. The molecule has 0 bridgehead atoms. The van der Waals surface area contributed by atoms with E-state index >= 15 is 0 Å². The highest BCUT2D eigenvalue weighted by Crippen LogP contribution is 2.24. The van der Waals surface area contributed by atoms with Gasteiger partial charge in [0.2, 0.25) is 0 Å². The molecule has 1 aromatic heterocycles. The van der Waals surface area contributed by atoms with Crippen molar-refractivity contribution in [1.29, 1.82) is 0 Å². The maximum absolute atomic E-state index is 13.2. The number of fused-ring (bicyclic) bond motifs is 1. The van der Waals surface area contributed by atoms with Crippen LogP contribution in [0, 0.1) is 0 Å². The number of benzene rings is 2. The lowest BCUT2D eigenvalue weighted by Gasteiger charge is -2.35. The molecule has 1 fully saturated rings. The Balaban J connectivity index is 1.42. The van der Waals surface area contributed by atoms with Crippen LogP contribution in [-0.4, -0.2) is 48.5 Å². The molecule has 2 aromatic carbocycles. The minimum atomic E-state index is -0.0501. The molecule has 0 saturated carbocycles. The standard InChI is InChI=1S/C31H38N4O/c1-24(2)10-9-11-25(3)16-17-32-31(36)28-22-30(33-29-15-8-7-14-27(28)29)35-20-18-34(19-21-35)23-26-12-5-4-6-13-26/h4-8,10,12-16,22H,9,11,17-21,23H2,1-3H3,(H,32,36)/b25-16+. The Morgan fingerprint density at radius 1 is 0.944 bits per heavy atom. The number of hydrogen-bond acceptors (Lipinski definition) is 4. The van der Waals surface area contributed by atoms with Crippen molar-refractivity contribution in [3.63, 3.8) is 0 Å². The second-order valence-electron chi connectivity index (χ2n) is 9.87. The van der Waals surface area contributed by atoms with Gasteiger partial charge in [-0.15, -0.1) is 0 Å². The zero-order chi connectivity index (χ0) is 25.3. The second-order valence-corrected chi connectivity index (χ2v) is 9.87. The summed E-state index contributed by atoms with van der Waals surface area (Å²) in [5.41, 5.74) is 5.53. The van der Waals surface area contributed by atoms with Crippen LogP contribution in [0.25, 0.3) is 10.9 Å². The molecule has 1 aliphatic heterocycles. The normalized spacial score (nSPS) is 14.6. The van der Waals surface area contributed by atoms with Crippen LogP contribution < -0.4 is 10.2 Å². The molecule has 0 spiro atoms. The van der Waals surface area contributed by atoms with Crippen molar-refractivity contribution >= 4 is 22.6 Å². The molecule has 4 rings (SSSR count). The van der Waals surface area contributed by atoms with Crippen molar-refractivity contribution in [3.8, 4) is 0 Å². The van der Waals surface area contributed by atoms with Crippen LogP contribution in [0.4, 0.5) is 5.82 Å². The van der Waals surface area contributed by atoms with Gasteiger partial charge >= 0.3 is 0 Å². The third kappa shape index (κ3) is 7.05. The molecule has 5 nitrogen and oxygen atoms in total. The van der Waals surface area contributed by atoms with Crippen LogP contribution in [0.3, 0.4) is 0 Å². The molecule has 0 atom stereocenters. The lowest BCUT2D eigenvalue weighted by molar-refractivity contribution is 0.0959. The van der Waals surface area contributed by atoms with E-state index in [1.54, 1.807) is 0 Å². The summed E-state index contributed by atoms with van der Waals surface area (Å²) >= 11 is 0. The average molecular weight is 483 g/mol. The summed E-state index contributed by atoms with van der Waals surface area (Å²) in [4.78, 5) is 22.9. The van der Waals surface area contributed by atoms with E-state index in [0.717, 1.165) is 62.3 Å². The summed E-state index contributed by atoms with van der Waals surface area (Å²) < 4.78 is 0. The monoisotopic (exact) mass is 482 g/mol. The van der Waals surface area contributed by atoms with Gasteiger partial charge in [-0.05, 0) is 51.3 Å². The maximum Gasteiger partial charge on any atom is 0.252 e. The SMILES string of the molecule is CC(C)=CCC/C(C)=C/CNC(=O)c1cc(N2CCN(Cc3ccccc3)CC2)nc2ccccc12. The summed E-state index contributed by atoms with van der Waals surface area (Å²) in [5, 5.41) is 3.99. The second kappa shape index (κ2) is 12.5. The van der Waals surface area contributed by atoms with E-state index in [0.29, 0.717) is 12.1 Å². The lowest BCUT2D eigenvalue weighted by Crippen LogP contribution is -2.46. The predicted octanol–water partition coefficient (Wildman–Crippen LogP) is 5.98. The summed E-state index contributed by atoms with van der Waals surface area (Å²) in [5.74, 6) is 0.831. The van der Waals surface area contributed by atoms with E-state index in [4.69, 9.17) is 4.98 Å². The fraction of sp³-hybridized carbons (Fsp3) is 0.355. The largest absolute Gasteiger partial charge is 0.354 e. The summed E-state index contributed by atoms with van der Waals surface area (Å²) in [6.45, 7) is 11.6. The molecule has 1 aliphatic rings. The molecular formula is C31H38N4O. The van der Waals surface area contributed by atoms with E-state index in [2.05, 4.69) is 78.4 Å². The Hall–Kier alpha value is -3.44. The van der Waals surface area contributed by atoms with Crippen LogP contribution in [0.15, 0.2) is 84.0 Å². The highest BCUT2D eigenvalue weighted by molar-refractivity contribution is 6.07. The van der Waals surface area contributed by atoms with Gasteiger partial charge in [0.1, 0.15) is 5.82 Å². The van der Waals surface area contributed by atoms with E-state index in [-0.39, 0.29) is 5.91 Å². The summed E-state index contributed by atoms with van der Waals surface area (Å²) in [6, 6.07) is 20.5. The van der Waals surface area contributed by atoms with Gasteiger partial charge in [-0.2, -0.15) is 0 Å². The lowest BCUT2D eigenvalue weighted by atomic mass is 10.1. The molecule has 36 heavy (non-hydrogen) atoms. The van der Waals surface area contributed by atoms with Gasteiger partial charge in [0.05, 0.1) is 11.1 Å². The number of aromatic nitrogens is 1. The molecule has 5 heteroatoms. The number of carbonyl (C=O) groups excluding carboxylic acids is 1. The van der Waals surface area contributed by atoms with Crippen LogP contribution in [0.2, 0.25) is 0 Å². The number of pyridine rings is 1. The first kappa shape index (κ1) is 25.6. The highest BCUT2D eigenvalue weighted by Gasteiger charge is 2.21. The minimum absolute atomic E-state index is 0.0501. The van der Waals surface area contributed by atoms with Crippen LogP contribution in [0.1, 0.15) is 49.5 Å². The number of hydrogen-bond donors (Lipinski definition) is 1. The fourth-order valence-electron chi connectivity index (χ4n) is 4.59. The molecule has 0 aliphatic carbocycles. The molecule has 0 radical (unpaired) electrons. The first-order valence-electron chi connectivity index (χ1n) is 13.0. The van der Waals surface area contributed by atoms with Crippen molar-refractivity contribution in [3.05, 3.63) is 95.1 Å². The van der Waals surface area contributed by atoms with Crippen molar-refractivity contribution in [2.24, 2.45) is 0 Å². The maximum atomic E-state index is 13.2. The molecule has 0 unspecified atom stereocenters. The van der Waals surface area contributed by atoms with Gasteiger partial charge in [-0.3, -0.25) is 9.69 Å². The Bertz CT molecular complexity index is 1220. The molecule has 2 heterocycles. The number of amides is 1. The molecule has 188 valence electrons. The third-order valence-electron chi connectivity index (χ3n) is 6.70. The number of nitrogens with one attached hydrogen (secondary N) is 1. The molecular weight excluding hydrogens is 444 g/mol. The quantitative estimate of drug-likeness (QED) is 0.381. The Labute approximate surface area is 215 Å². The van der Waals surface area contributed by atoms with E-state index < -0.39 is 0 Å². The van der Waals surface area contributed by atoms with Crippen molar-refractivity contribution < 1.29 is 4.79 Å². The third-order valence-corrected chi connectivity index (χ3v) is 6.70. The van der Waals surface area contributed by atoms with Gasteiger partial charge in [0, 0.05) is 44.7 Å². The van der Waals surface area contributed by atoms with Crippen molar-refractivity contribution in [1.82, 2.24) is 15.2 Å². The van der Waals surface area contributed by atoms with E-state index in [9.17, 15) is 4.79 Å². The molecule has 3 aromatic rings. The number of rotatable bonds is 9. The van der Waals surface area contributed by atoms with Gasteiger partial charge in [-0.1, -0.05) is 71.8 Å². The van der Waals surface area contributed by atoms with Crippen LogP contribution >= 0.6 is 0 Å². The molecule has 1 N–H and O–H groups in total. The zero-order valence-electron chi connectivity index (χ0n) is 21.8. The van der Waals surface area contributed by atoms with Crippen molar-refractivity contribution in [2.75, 3.05) is 37.6 Å². The van der Waals surface area contributed by atoms with Gasteiger partial charge in [0.25, 0.3) is 5.91 Å². The van der Waals surface area contributed by atoms with Gasteiger partial charge in [0.15, 0.2) is 0 Å². The highest BCUT2D eigenvalue weighted by atomic mass is 16.1. The average Bonchev–Trinajstić information content (AvgIpc) is 2.89. The van der Waals surface area contributed by atoms with E-state index in [1.807, 2.05) is 30.3 Å². The Morgan fingerprint density at radius 2 is 1.67 bits per heavy atom. The zero-order valence-corrected chi connectivity index (χ0v) is 21.8. The number of nitrogens with zero attached hydrogens (tertiary/aromatic N) is 3.